The maximum absolute atomic E-state index is 13.7. The Balaban J connectivity index is 0.000000250. The number of aromatic nitrogens is 2. The van der Waals surface area contributed by atoms with Crippen LogP contribution >= 0.6 is 0 Å². The molecule has 4 amide bonds. The quantitative estimate of drug-likeness (QED) is 0.0729. The number of pyridine rings is 2. The summed E-state index contributed by atoms with van der Waals surface area (Å²) in [5.41, 5.74) is 9.01. The first-order valence-corrected chi connectivity index (χ1v) is 18.1. The summed E-state index contributed by atoms with van der Waals surface area (Å²) in [6.07, 6.45) is -7.60. The summed E-state index contributed by atoms with van der Waals surface area (Å²) in [5.74, 6) is -7.26. The van der Waals surface area contributed by atoms with E-state index in [-0.39, 0.29) is 57.1 Å². The zero-order chi connectivity index (χ0) is 49.6. The molecule has 0 saturated carbocycles. The van der Waals surface area contributed by atoms with Crippen LogP contribution in [0.25, 0.3) is 0 Å². The first kappa shape index (κ1) is 50.9. The van der Waals surface area contributed by atoms with Gasteiger partial charge in [-0.3, -0.25) is 29.1 Å². The lowest BCUT2D eigenvalue weighted by Crippen LogP contribution is -2.19. The Morgan fingerprint density at radius 3 is 1.48 bits per heavy atom. The van der Waals surface area contributed by atoms with Gasteiger partial charge in [-0.1, -0.05) is 0 Å². The Bertz CT molecular complexity index is 2760. The predicted octanol–water partition coefficient (Wildman–Crippen LogP) is 8.28. The van der Waals surface area contributed by atoms with E-state index in [1.807, 2.05) is 0 Å². The number of primary amides is 2. The van der Waals surface area contributed by atoms with Crippen LogP contribution in [0.5, 0.6) is 40.2 Å². The van der Waals surface area contributed by atoms with Gasteiger partial charge in [-0.2, -0.15) is 0 Å². The van der Waals surface area contributed by atoms with Crippen molar-refractivity contribution < 1.29 is 87.5 Å². The number of phenols is 1. The van der Waals surface area contributed by atoms with E-state index in [0.717, 1.165) is 54.6 Å². The lowest BCUT2D eigenvalue weighted by atomic mass is 10.1. The molecule has 0 unspecified atom stereocenters. The van der Waals surface area contributed by atoms with Gasteiger partial charge >= 0.3 is 12.7 Å². The number of rotatable bonds is 12. The number of carbonyl (C=O) groups is 4. The molecule has 352 valence electrons. The Morgan fingerprint density at radius 2 is 1.00 bits per heavy atom. The third kappa shape index (κ3) is 15.8. The van der Waals surface area contributed by atoms with Crippen molar-refractivity contribution in [2.24, 2.45) is 11.5 Å². The molecule has 16 nitrogen and oxygen atoms in total. The van der Waals surface area contributed by atoms with Crippen molar-refractivity contribution in [3.63, 3.8) is 0 Å². The number of alkyl halides is 6. The topological polar surface area (TPSA) is 237 Å². The van der Waals surface area contributed by atoms with Crippen LogP contribution in [0.4, 0.5) is 50.9 Å². The summed E-state index contributed by atoms with van der Waals surface area (Å²) in [7, 11) is 2.63. The van der Waals surface area contributed by atoms with Crippen LogP contribution in [0.2, 0.25) is 0 Å². The summed E-state index contributed by atoms with van der Waals surface area (Å²) in [6, 6.07) is 16.6. The number of anilines is 2. The lowest BCUT2D eigenvalue weighted by molar-refractivity contribution is -0.275. The number of carbonyl (C=O) groups excluding carboxylic acids is 4. The van der Waals surface area contributed by atoms with E-state index in [2.05, 4.69) is 34.8 Å². The number of hydrogen-bond donors (Lipinski definition) is 5. The van der Waals surface area contributed by atoms with Gasteiger partial charge < -0.3 is 50.9 Å². The Kier molecular flexibility index (Phi) is 16.9. The minimum absolute atomic E-state index is 0.00244. The summed E-state index contributed by atoms with van der Waals surface area (Å²) in [5, 5.41) is 13.6. The molecular weight excluding hydrogens is 919 g/mol. The number of halogens is 9. The minimum atomic E-state index is -5.00. The van der Waals surface area contributed by atoms with Gasteiger partial charge in [0.25, 0.3) is 23.6 Å². The molecule has 7 N–H and O–H groups in total. The number of hydrogen-bond acceptors (Lipinski definition) is 12. The minimum Gasteiger partial charge on any atom is -0.504 e. The number of nitrogens with one attached hydrogen (secondary N) is 2. The number of ether oxygens (including phenoxy) is 5. The lowest BCUT2D eigenvalue weighted by Gasteiger charge is -2.16. The molecule has 67 heavy (non-hydrogen) atoms. The van der Waals surface area contributed by atoms with Crippen LogP contribution in [0.15, 0.2) is 109 Å². The van der Waals surface area contributed by atoms with E-state index in [4.69, 9.17) is 26.0 Å². The van der Waals surface area contributed by atoms with E-state index >= 15 is 0 Å². The highest BCUT2D eigenvalue weighted by Gasteiger charge is 2.33. The molecule has 0 aliphatic carbocycles. The molecule has 0 bridgehead atoms. The first-order valence-electron chi connectivity index (χ1n) is 18.1. The summed E-state index contributed by atoms with van der Waals surface area (Å²) in [4.78, 5) is 54.6. The van der Waals surface area contributed by atoms with Gasteiger partial charge in [0.2, 0.25) is 0 Å². The normalized spacial score (nSPS) is 10.7. The molecule has 0 spiro atoms. The highest BCUT2D eigenvalue weighted by molar-refractivity contribution is 6.07. The molecule has 0 fully saturated rings. The van der Waals surface area contributed by atoms with Crippen LogP contribution in [0.3, 0.4) is 0 Å². The van der Waals surface area contributed by atoms with E-state index in [0.29, 0.717) is 12.1 Å². The van der Waals surface area contributed by atoms with E-state index in [1.165, 1.54) is 56.9 Å². The van der Waals surface area contributed by atoms with Gasteiger partial charge in [-0.15, -0.1) is 26.3 Å². The van der Waals surface area contributed by atoms with E-state index < -0.39 is 70.9 Å². The van der Waals surface area contributed by atoms with Crippen molar-refractivity contribution in [3.05, 3.63) is 149 Å². The predicted molar refractivity (Wildman–Crippen MR) is 215 cm³/mol. The summed E-state index contributed by atoms with van der Waals surface area (Å²) < 4.78 is 137. The van der Waals surface area contributed by atoms with E-state index in [1.54, 1.807) is 0 Å². The average molecular weight is 951 g/mol. The molecule has 4 aromatic carbocycles. The van der Waals surface area contributed by atoms with Gasteiger partial charge in [0.05, 0.1) is 25.3 Å². The average Bonchev–Trinajstić information content (AvgIpc) is 3.25. The third-order valence-corrected chi connectivity index (χ3v) is 7.87. The standard InChI is InChI=1S/C21H15F4N3O5.C14H9F4N3O3.C7H7FO2/c1-31-18-8-11(22)2-4-17(18)32-16-5-3-13(33-21(23,24)25)10-14(16)20(30)28-12-6-7-27-15(9-12)19(26)29;15-10-2-1-8(24-14(16,17)18)6-9(10)13(23)21-7-3-4-20-11(5-7)12(19)22;1-10-7-4-5(8)2-3-6(7)9/h2-10H,1H3,(H2,26,29)(H,27,28,30);1-6H,(H2,19,22)(H,20,21,23);2-4,9H,1H3. The van der Waals surface area contributed by atoms with Crippen molar-refractivity contribution in [1.29, 1.82) is 0 Å². The summed E-state index contributed by atoms with van der Waals surface area (Å²) >= 11 is 0. The number of amides is 4. The third-order valence-electron chi connectivity index (χ3n) is 7.87. The Morgan fingerprint density at radius 1 is 0.552 bits per heavy atom. The molecule has 0 atom stereocenters. The smallest absolute Gasteiger partial charge is 0.504 e. The molecule has 2 aromatic heterocycles. The van der Waals surface area contributed by atoms with Crippen molar-refractivity contribution in [2.45, 2.75) is 12.7 Å². The van der Waals surface area contributed by atoms with Gasteiger partial charge in [-0.25, -0.2) is 13.2 Å². The zero-order valence-corrected chi connectivity index (χ0v) is 34.0. The first-order chi connectivity index (χ1) is 31.4. The van der Waals surface area contributed by atoms with Gasteiger partial charge in [0, 0.05) is 35.9 Å². The molecule has 25 heteroatoms. The van der Waals surface area contributed by atoms with Crippen LogP contribution in [0, 0.1) is 17.5 Å². The number of nitrogens with two attached hydrogens (primary N) is 2. The monoisotopic (exact) mass is 950 g/mol. The van der Waals surface area contributed by atoms with Gasteiger partial charge in [0.15, 0.2) is 23.0 Å². The highest BCUT2D eigenvalue weighted by atomic mass is 19.4. The fourth-order valence-electron chi connectivity index (χ4n) is 5.03. The number of benzene rings is 4. The Labute approximate surface area is 370 Å². The van der Waals surface area contributed by atoms with Gasteiger partial charge in [-0.05, 0) is 84.9 Å². The highest BCUT2D eigenvalue weighted by Crippen LogP contribution is 2.36. The van der Waals surface area contributed by atoms with Crippen LogP contribution in [0.1, 0.15) is 41.7 Å². The van der Waals surface area contributed by atoms with Crippen LogP contribution in [-0.4, -0.2) is 65.6 Å². The fraction of sp³-hybridized carbons (Fsp3) is 0.0952. The second kappa shape index (κ2) is 22.2. The molecule has 6 aromatic rings. The van der Waals surface area contributed by atoms with Crippen molar-refractivity contribution in [2.75, 3.05) is 24.9 Å². The molecule has 0 radical (unpaired) electrons. The molecule has 2 heterocycles. The van der Waals surface area contributed by atoms with Crippen LogP contribution in [-0.2, 0) is 0 Å². The number of nitrogens with zero attached hydrogens (tertiary/aromatic N) is 2. The second-order valence-corrected chi connectivity index (χ2v) is 12.6. The number of methoxy groups -OCH3 is 2. The molecule has 0 aliphatic heterocycles. The summed E-state index contributed by atoms with van der Waals surface area (Å²) in [6.45, 7) is 0. The molecular formula is C42H31F9N6O10. The van der Waals surface area contributed by atoms with Crippen molar-refractivity contribution in [1.82, 2.24) is 9.97 Å². The largest absolute Gasteiger partial charge is 0.573 e. The molecule has 0 aliphatic rings. The van der Waals surface area contributed by atoms with E-state index in [9.17, 15) is 58.7 Å². The van der Waals surface area contributed by atoms with Crippen LogP contribution < -0.4 is 45.8 Å². The number of aromatic hydroxyl groups is 1. The fourth-order valence-corrected chi connectivity index (χ4v) is 5.03. The van der Waals surface area contributed by atoms with Crippen molar-refractivity contribution >= 4 is 35.0 Å². The molecule has 6 rings (SSSR count). The molecule has 0 saturated heterocycles. The Hall–Kier alpha value is -8.77. The SMILES string of the molecule is COc1cc(F)ccc1O.COc1cc(F)ccc1Oc1ccc(OC(F)(F)F)cc1C(=O)Nc1ccnc(C(N)=O)c1.NC(=O)c1cc(NC(=O)c2cc(OC(F)(F)F)ccc2F)ccn1. The van der Waals surface area contributed by atoms with Crippen molar-refractivity contribution in [3.8, 4) is 40.2 Å². The maximum atomic E-state index is 13.7. The zero-order valence-electron chi connectivity index (χ0n) is 34.0. The number of phenolic OH excluding ortho intramolecular Hbond substituents is 1. The second-order valence-electron chi connectivity index (χ2n) is 12.6. The maximum Gasteiger partial charge on any atom is 0.573 e. The van der Waals surface area contributed by atoms with Gasteiger partial charge in [0.1, 0.15) is 46.1 Å².